The van der Waals surface area contributed by atoms with Gasteiger partial charge < -0.3 is 5.73 Å². The molecule has 0 aromatic rings. The molecule has 1 rings (SSSR count). The lowest BCUT2D eigenvalue weighted by Gasteiger charge is -2.24. The Morgan fingerprint density at radius 2 is 1.53 bits per heavy atom. The molecule has 2 heteroatoms. The molecule has 0 aromatic heterocycles. The zero-order valence-electron chi connectivity index (χ0n) is 13.0. The van der Waals surface area contributed by atoms with Crippen molar-refractivity contribution >= 4 is 11.8 Å². The van der Waals surface area contributed by atoms with E-state index in [9.17, 15) is 0 Å². The van der Waals surface area contributed by atoms with Crippen LogP contribution in [0.15, 0.2) is 0 Å². The highest BCUT2D eigenvalue weighted by atomic mass is 32.2. The number of nitrogens with two attached hydrogens (primary N) is 1. The third kappa shape index (κ3) is 9.79. The first kappa shape index (κ1) is 17.4. The second-order valence-corrected chi connectivity index (χ2v) is 7.54. The van der Waals surface area contributed by atoms with Gasteiger partial charge in [-0.25, -0.2) is 0 Å². The van der Waals surface area contributed by atoms with Crippen LogP contribution < -0.4 is 5.73 Å². The number of hydrogen-bond acceptors (Lipinski definition) is 2. The molecule has 19 heavy (non-hydrogen) atoms. The third-order valence-electron chi connectivity index (χ3n) is 4.41. The fraction of sp³-hybridized carbons (Fsp3) is 1.00. The van der Waals surface area contributed by atoms with E-state index in [1.54, 1.807) is 0 Å². The number of hydrogen-bond donors (Lipinski definition) is 1. The maximum Gasteiger partial charge on any atom is 0.00414 e. The summed E-state index contributed by atoms with van der Waals surface area (Å²) in [6.07, 6.45) is 16.7. The van der Waals surface area contributed by atoms with E-state index in [1.807, 2.05) is 0 Å². The van der Waals surface area contributed by atoms with Gasteiger partial charge in [-0.05, 0) is 43.1 Å². The van der Waals surface area contributed by atoms with E-state index in [2.05, 4.69) is 18.7 Å². The lowest BCUT2D eigenvalue weighted by molar-refractivity contribution is 0.387. The monoisotopic (exact) mass is 285 g/mol. The van der Waals surface area contributed by atoms with E-state index in [0.29, 0.717) is 6.04 Å². The Kier molecular flexibility index (Phi) is 11.0. The first-order valence-electron chi connectivity index (χ1n) is 8.66. The first-order valence-corrected chi connectivity index (χ1v) is 9.81. The van der Waals surface area contributed by atoms with Gasteiger partial charge in [-0.15, -0.1) is 0 Å². The molecular weight excluding hydrogens is 250 g/mol. The van der Waals surface area contributed by atoms with E-state index in [1.165, 1.54) is 88.6 Å². The smallest absolute Gasteiger partial charge is 0.00414 e. The maximum atomic E-state index is 6.28. The maximum absolute atomic E-state index is 6.28. The number of rotatable bonds is 11. The molecule has 0 saturated carbocycles. The molecular formula is C17H35NS. The van der Waals surface area contributed by atoms with Gasteiger partial charge in [0.15, 0.2) is 0 Å². The lowest BCUT2D eigenvalue weighted by Crippen LogP contribution is -2.25. The summed E-state index contributed by atoms with van der Waals surface area (Å²) in [4.78, 5) is 0. The minimum atomic E-state index is 0.480. The Hall–Kier alpha value is 0.310. The molecule has 1 nitrogen and oxygen atoms in total. The fourth-order valence-electron chi connectivity index (χ4n) is 3.07. The van der Waals surface area contributed by atoms with Crippen molar-refractivity contribution < 1.29 is 0 Å². The van der Waals surface area contributed by atoms with Crippen LogP contribution in [0.1, 0.15) is 84.0 Å². The fourth-order valence-corrected chi connectivity index (χ4v) is 4.27. The predicted octanol–water partition coefficient (Wildman–Crippen LogP) is 5.38. The zero-order chi connectivity index (χ0) is 13.8. The highest BCUT2D eigenvalue weighted by molar-refractivity contribution is 7.99. The van der Waals surface area contributed by atoms with Gasteiger partial charge in [0, 0.05) is 6.04 Å². The normalized spacial score (nSPS) is 18.6. The molecule has 1 saturated heterocycles. The minimum absolute atomic E-state index is 0.480. The summed E-state index contributed by atoms with van der Waals surface area (Å²) in [5, 5.41) is 0. The highest BCUT2D eigenvalue weighted by Gasteiger charge is 2.16. The standard InChI is InChI=1S/C17H35NS/c1-2-3-4-5-6-7-8-9-10-17(18)15-16-11-13-19-14-12-16/h16-17H,2-15,18H2,1H3. The first-order chi connectivity index (χ1) is 9.33. The summed E-state index contributed by atoms with van der Waals surface area (Å²) in [5.41, 5.74) is 6.28. The van der Waals surface area contributed by atoms with Crippen molar-refractivity contribution in [3.63, 3.8) is 0 Å². The van der Waals surface area contributed by atoms with Gasteiger partial charge in [-0.3, -0.25) is 0 Å². The van der Waals surface area contributed by atoms with E-state index >= 15 is 0 Å². The van der Waals surface area contributed by atoms with Crippen LogP contribution in [0.2, 0.25) is 0 Å². The molecule has 0 aliphatic carbocycles. The highest BCUT2D eigenvalue weighted by Crippen LogP contribution is 2.26. The molecule has 0 spiro atoms. The topological polar surface area (TPSA) is 26.0 Å². The second-order valence-electron chi connectivity index (χ2n) is 6.32. The van der Waals surface area contributed by atoms with Crippen LogP contribution in [-0.2, 0) is 0 Å². The Balaban J connectivity index is 1.85. The minimum Gasteiger partial charge on any atom is -0.328 e. The van der Waals surface area contributed by atoms with Gasteiger partial charge in [-0.2, -0.15) is 11.8 Å². The van der Waals surface area contributed by atoms with Crippen molar-refractivity contribution in [1.29, 1.82) is 0 Å². The van der Waals surface area contributed by atoms with Crippen LogP contribution in [0, 0.1) is 5.92 Å². The summed E-state index contributed by atoms with van der Waals surface area (Å²) in [6.45, 7) is 2.28. The van der Waals surface area contributed by atoms with Crippen LogP contribution in [0.25, 0.3) is 0 Å². The summed E-state index contributed by atoms with van der Waals surface area (Å²) >= 11 is 2.12. The van der Waals surface area contributed by atoms with Crippen molar-refractivity contribution in [2.45, 2.75) is 90.0 Å². The van der Waals surface area contributed by atoms with Crippen LogP contribution >= 0.6 is 11.8 Å². The Bertz CT molecular complexity index is 190. The largest absolute Gasteiger partial charge is 0.328 e. The van der Waals surface area contributed by atoms with Crippen LogP contribution in [0.4, 0.5) is 0 Å². The number of thioether (sulfide) groups is 1. The van der Waals surface area contributed by atoms with Gasteiger partial charge in [0.2, 0.25) is 0 Å². The van der Waals surface area contributed by atoms with Crippen LogP contribution in [0.3, 0.4) is 0 Å². The molecule has 0 radical (unpaired) electrons. The van der Waals surface area contributed by atoms with E-state index in [0.717, 1.165) is 5.92 Å². The predicted molar refractivity (Wildman–Crippen MR) is 89.9 cm³/mol. The van der Waals surface area contributed by atoms with Gasteiger partial charge in [0.1, 0.15) is 0 Å². The van der Waals surface area contributed by atoms with Crippen LogP contribution in [-0.4, -0.2) is 17.5 Å². The third-order valence-corrected chi connectivity index (χ3v) is 5.45. The molecule has 1 heterocycles. The zero-order valence-corrected chi connectivity index (χ0v) is 13.9. The molecule has 114 valence electrons. The van der Waals surface area contributed by atoms with Crippen molar-refractivity contribution in [2.75, 3.05) is 11.5 Å². The Morgan fingerprint density at radius 3 is 2.16 bits per heavy atom. The molecule has 1 fully saturated rings. The summed E-state index contributed by atoms with van der Waals surface area (Å²) in [7, 11) is 0. The molecule has 1 aliphatic heterocycles. The molecule has 1 unspecified atom stereocenters. The van der Waals surface area contributed by atoms with Crippen molar-refractivity contribution in [2.24, 2.45) is 11.7 Å². The van der Waals surface area contributed by atoms with Crippen molar-refractivity contribution in [3.05, 3.63) is 0 Å². The van der Waals surface area contributed by atoms with Crippen molar-refractivity contribution in [1.82, 2.24) is 0 Å². The van der Waals surface area contributed by atoms with E-state index < -0.39 is 0 Å². The van der Waals surface area contributed by atoms with Gasteiger partial charge >= 0.3 is 0 Å². The number of unbranched alkanes of at least 4 members (excludes halogenated alkanes) is 7. The van der Waals surface area contributed by atoms with Crippen molar-refractivity contribution in [3.8, 4) is 0 Å². The van der Waals surface area contributed by atoms with Gasteiger partial charge in [0.05, 0.1) is 0 Å². The SMILES string of the molecule is CCCCCCCCCCC(N)CC1CCSCC1. The molecule has 2 N–H and O–H groups in total. The Labute approximate surface area is 125 Å². The van der Waals surface area contributed by atoms with Crippen LogP contribution in [0.5, 0.6) is 0 Å². The van der Waals surface area contributed by atoms with E-state index in [4.69, 9.17) is 5.73 Å². The average Bonchev–Trinajstić information content (AvgIpc) is 2.43. The summed E-state index contributed by atoms with van der Waals surface area (Å²) in [5.74, 6) is 3.68. The summed E-state index contributed by atoms with van der Waals surface area (Å²) < 4.78 is 0. The van der Waals surface area contributed by atoms with Gasteiger partial charge in [0.25, 0.3) is 0 Å². The molecule has 0 aromatic carbocycles. The molecule has 0 amide bonds. The summed E-state index contributed by atoms with van der Waals surface area (Å²) in [6, 6.07) is 0.480. The molecule has 1 atom stereocenters. The molecule has 1 aliphatic rings. The second kappa shape index (κ2) is 12.1. The quantitative estimate of drug-likeness (QED) is 0.516. The lowest BCUT2D eigenvalue weighted by atomic mass is 9.92. The molecule has 0 bridgehead atoms. The Morgan fingerprint density at radius 1 is 0.947 bits per heavy atom. The average molecular weight is 286 g/mol. The van der Waals surface area contributed by atoms with E-state index in [-0.39, 0.29) is 0 Å². The van der Waals surface area contributed by atoms with Gasteiger partial charge in [-0.1, -0.05) is 58.3 Å².